The minimum Gasteiger partial charge on any atom is -0.349 e. The maximum atomic E-state index is 12.3. The van der Waals surface area contributed by atoms with Crippen molar-refractivity contribution in [1.82, 2.24) is 20.1 Å². The molecule has 2 aromatic rings. The molecule has 1 aliphatic carbocycles. The van der Waals surface area contributed by atoms with Gasteiger partial charge >= 0.3 is 5.69 Å². The summed E-state index contributed by atoms with van der Waals surface area (Å²) in [4.78, 5) is 24.0. The largest absolute Gasteiger partial charge is 0.349 e. The molecule has 2 N–H and O–H groups in total. The number of aryl methyl sites for hydroxylation is 1. The normalized spacial score (nSPS) is 16.6. The molecule has 24 heavy (non-hydrogen) atoms. The number of hydrogen-bond donors (Lipinski definition) is 2. The van der Waals surface area contributed by atoms with Crippen molar-refractivity contribution in [3.63, 3.8) is 0 Å². The second kappa shape index (κ2) is 7.70. The number of rotatable bonds is 6. The molecule has 0 aliphatic heterocycles. The number of amides is 1. The molecule has 6 nitrogen and oxygen atoms in total. The van der Waals surface area contributed by atoms with Crippen molar-refractivity contribution in [2.75, 3.05) is 5.75 Å². The summed E-state index contributed by atoms with van der Waals surface area (Å²) < 4.78 is 1.58. The number of H-pyrrole nitrogens is 1. The zero-order valence-corrected chi connectivity index (χ0v) is 14.6. The number of aromatic nitrogens is 3. The van der Waals surface area contributed by atoms with Gasteiger partial charge in [-0.1, -0.05) is 43.0 Å². The lowest BCUT2D eigenvalue weighted by atomic mass is 9.88. The molecule has 7 heteroatoms. The van der Waals surface area contributed by atoms with E-state index in [4.69, 9.17) is 0 Å². The lowest BCUT2D eigenvalue weighted by molar-refractivity contribution is -0.119. The first-order chi connectivity index (χ1) is 11.7. The van der Waals surface area contributed by atoms with Gasteiger partial charge in [0.05, 0.1) is 11.8 Å². The quantitative estimate of drug-likeness (QED) is 0.787. The Morgan fingerprint density at radius 2 is 2.29 bits per heavy atom. The third kappa shape index (κ3) is 3.72. The molecule has 1 atom stereocenters. The predicted octanol–water partition coefficient (Wildman–Crippen LogP) is 2.27. The van der Waals surface area contributed by atoms with Gasteiger partial charge in [-0.15, -0.1) is 5.10 Å². The third-order valence-corrected chi connectivity index (χ3v) is 5.18. The lowest BCUT2D eigenvalue weighted by Gasteiger charge is -2.26. The van der Waals surface area contributed by atoms with E-state index in [2.05, 4.69) is 27.6 Å². The van der Waals surface area contributed by atoms with Crippen LogP contribution in [0.4, 0.5) is 0 Å². The molecule has 3 rings (SSSR count). The molecular weight excluding hydrogens is 324 g/mol. The number of carbonyl (C=O) groups is 1. The Hall–Kier alpha value is -2.02. The summed E-state index contributed by atoms with van der Waals surface area (Å²) in [6, 6.07) is 8.38. The maximum absolute atomic E-state index is 12.3. The van der Waals surface area contributed by atoms with Crippen molar-refractivity contribution in [2.24, 2.45) is 0 Å². The highest BCUT2D eigenvalue weighted by Crippen LogP contribution is 2.29. The van der Waals surface area contributed by atoms with Crippen LogP contribution < -0.4 is 11.0 Å². The monoisotopic (exact) mass is 346 g/mol. The van der Waals surface area contributed by atoms with E-state index in [9.17, 15) is 9.59 Å². The van der Waals surface area contributed by atoms with Crippen LogP contribution in [0.3, 0.4) is 0 Å². The Kier molecular flexibility index (Phi) is 5.40. The molecular formula is C17H22N4O2S. The third-order valence-electron chi connectivity index (χ3n) is 4.21. The van der Waals surface area contributed by atoms with Crippen LogP contribution in [0.1, 0.15) is 43.4 Å². The van der Waals surface area contributed by atoms with Crippen LogP contribution in [0.15, 0.2) is 34.2 Å². The fourth-order valence-corrected chi connectivity index (χ4v) is 3.89. The first kappa shape index (κ1) is 16.8. The van der Waals surface area contributed by atoms with E-state index in [-0.39, 0.29) is 23.4 Å². The van der Waals surface area contributed by atoms with Crippen LogP contribution in [0.25, 0.3) is 0 Å². The highest BCUT2D eigenvalue weighted by atomic mass is 32.2. The van der Waals surface area contributed by atoms with E-state index in [1.165, 1.54) is 22.9 Å². The molecule has 128 valence electrons. The molecule has 1 heterocycles. The zero-order valence-electron chi connectivity index (χ0n) is 13.7. The Balaban J connectivity index is 1.60. The fraction of sp³-hybridized carbons (Fsp3) is 0.471. The maximum Gasteiger partial charge on any atom is 0.343 e. The van der Waals surface area contributed by atoms with Crippen LogP contribution in [-0.4, -0.2) is 26.4 Å². The minimum atomic E-state index is -0.221. The standard InChI is InChI=1S/C17H22N4O2S/c1-2-10-21-16(23)19-20-17(21)24-11-15(22)18-14-9-5-7-12-6-3-4-8-13(12)14/h3-4,6,8,14H,2,5,7,9-11H2,1H3,(H,18,22)(H,19,23)/t14-/m1/s1. The summed E-state index contributed by atoms with van der Waals surface area (Å²) in [6.07, 6.45) is 3.98. The average molecular weight is 346 g/mol. The van der Waals surface area contributed by atoms with Gasteiger partial charge in [0.1, 0.15) is 0 Å². The van der Waals surface area contributed by atoms with Gasteiger partial charge in [0, 0.05) is 6.54 Å². The summed E-state index contributed by atoms with van der Waals surface area (Å²) in [7, 11) is 0. The Morgan fingerprint density at radius 1 is 1.46 bits per heavy atom. The average Bonchev–Trinajstić information content (AvgIpc) is 2.94. The van der Waals surface area contributed by atoms with E-state index in [0.29, 0.717) is 11.7 Å². The van der Waals surface area contributed by atoms with Gasteiger partial charge < -0.3 is 5.32 Å². The number of benzene rings is 1. The topological polar surface area (TPSA) is 79.8 Å². The second-order valence-electron chi connectivity index (χ2n) is 5.96. The van der Waals surface area contributed by atoms with Crippen LogP contribution in [0.5, 0.6) is 0 Å². The number of aromatic amines is 1. The first-order valence-electron chi connectivity index (χ1n) is 8.34. The molecule has 1 aliphatic rings. The minimum absolute atomic E-state index is 0.0276. The Labute approximate surface area is 145 Å². The van der Waals surface area contributed by atoms with Gasteiger partial charge in [0.25, 0.3) is 0 Å². The van der Waals surface area contributed by atoms with E-state index in [1.54, 1.807) is 4.57 Å². The van der Waals surface area contributed by atoms with Gasteiger partial charge in [-0.25, -0.2) is 9.89 Å². The van der Waals surface area contributed by atoms with Crippen molar-refractivity contribution in [2.45, 2.75) is 50.4 Å². The smallest absolute Gasteiger partial charge is 0.343 e. The van der Waals surface area contributed by atoms with Gasteiger partial charge in [-0.2, -0.15) is 0 Å². The fourth-order valence-electron chi connectivity index (χ4n) is 3.10. The first-order valence-corrected chi connectivity index (χ1v) is 9.32. The van der Waals surface area contributed by atoms with Crippen molar-refractivity contribution < 1.29 is 4.79 Å². The van der Waals surface area contributed by atoms with Crippen LogP contribution >= 0.6 is 11.8 Å². The van der Waals surface area contributed by atoms with E-state index >= 15 is 0 Å². The molecule has 0 spiro atoms. The molecule has 0 unspecified atom stereocenters. The highest BCUT2D eigenvalue weighted by molar-refractivity contribution is 7.99. The summed E-state index contributed by atoms with van der Waals surface area (Å²) in [6.45, 7) is 2.61. The summed E-state index contributed by atoms with van der Waals surface area (Å²) in [5, 5.41) is 10.1. The number of hydrogen-bond acceptors (Lipinski definition) is 4. The van der Waals surface area contributed by atoms with Gasteiger partial charge in [-0.05, 0) is 36.8 Å². The molecule has 0 fully saturated rings. The van der Waals surface area contributed by atoms with Gasteiger partial charge in [0.15, 0.2) is 5.16 Å². The molecule has 0 radical (unpaired) electrons. The van der Waals surface area contributed by atoms with E-state index < -0.39 is 0 Å². The van der Waals surface area contributed by atoms with Crippen molar-refractivity contribution in [3.05, 3.63) is 45.9 Å². The van der Waals surface area contributed by atoms with Crippen molar-refractivity contribution in [1.29, 1.82) is 0 Å². The van der Waals surface area contributed by atoms with Crippen LogP contribution in [-0.2, 0) is 17.8 Å². The summed E-state index contributed by atoms with van der Waals surface area (Å²) in [5.74, 6) is 0.229. The van der Waals surface area contributed by atoms with Crippen LogP contribution in [0, 0.1) is 0 Å². The van der Waals surface area contributed by atoms with Crippen LogP contribution in [0.2, 0.25) is 0 Å². The number of nitrogens with one attached hydrogen (secondary N) is 2. The Morgan fingerprint density at radius 3 is 3.12 bits per heavy atom. The van der Waals surface area contributed by atoms with E-state index in [1.807, 2.05) is 19.1 Å². The lowest BCUT2D eigenvalue weighted by Crippen LogP contribution is -2.32. The van der Waals surface area contributed by atoms with E-state index in [0.717, 1.165) is 25.7 Å². The second-order valence-corrected chi connectivity index (χ2v) is 6.91. The highest BCUT2D eigenvalue weighted by Gasteiger charge is 2.21. The zero-order chi connectivity index (χ0) is 16.9. The summed E-state index contributed by atoms with van der Waals surface area (Å²) in [5.41, 5.74) is 2.33. The SMILES string of the molecule is CCCn1c(SCC(=O)N[C@@H]2CCCc3ccccc32)n[nH]c1=O. The Bertz CT molecular complexity index is 768. The number of nitrogens with zero attached hydrogens (tertiary/aromatic N) is 2. The van der Waals surface area contributed by atoms with Gasteiger partial charge in [-0.3, -0.25) is 9.36 Å². The number of fused-ring (bicyclic) bond motifs is 1. The molecule has 0 bridgehead atoms. The number of thioether (sulfide) groups is 1. The number of carbonyl (C=O) groups excluding carboxylic acids is 1. The van der Waals surface area contributed by atoms with Crippen molar-refractivity contribution >= 4 is 17.7 Å². The molecule has 1 aromatic heterocycles. The molecule has 1 amide bonds. The van der Waals surface area contributed by atoms with Crippen molar-refractivity contribution in [3.8, 4) is 0 Å². The molecule has 0 saturated heterocycles. The molecule has 1 aromatic carbocycles. The van der Waals surface area contributed by atoms with Gasteiger partial charge in [0.2, 0.25) is 5.91 Å². The summed E-state index contributed by atoms with van der Waals surface area (Å²) >= 11 is 1.29. The predicted molar refractivity (Wildman–Crippen MR) is 94.1 cm³/mol. The molecule has 0 saturated carbocycles.